The van der Waals surface area contributed by atoms with Gasteiger partial charge in [0.05, 0.1) is 0 Å². The summed E-state index contributed by atoms with van der Waals surface area (Å²) in [5.41, 5.74) is 0.968. The third-order valence-electron chi connectivity index (χ3n) is 3.63. The van der Waals surface area contributed by atoms with Crippen molar-refractivity contribution in [3.63, 3.8) is 0 Å². The number of hydrogen-bond acceptors (Lipinski definition) is 6. The van der Waals surface area contributed by atoms with Gasteiger partial charge in [0.25, 0.3) is 10.0 Å². The smallest absolute Gasteiger partial charge is 0.272 e. The third-order valence-corrected chi connectivity index (χ3v) is 6.70. The number of anilines is 3. The van der Waals surface area contributed by atoms with E-state index in [1.54, 1.807) is 18.2 Å². The van der Waals surface area contributed by atoms with Crippen LogP contribution in [0, 0.1) is 0 Å². The number of sulfonamides is 1. The van der Waals surface area contributed by atoms with E-state index in [1.165, 1.54) is 11.3 Å². The van der Waals surface area contributed by atoms with Gasteiger partial charge in [0.15, 0.2) is 11.6 Å². The summed E-state index contributed by atoms with van der Waals surface area (Å²) >= 11 is 1.26. The van der Waals surface area contributed by atoms with Crippen LogP contribution >= 0.6 is 11.3 Å². The molecule has 0 atom stereocenters. The largest absolute Gasteiger partial charge is 0.328 e. The highest BCUT2D eigenvalue weighted by molar-refractivity contribution is 7.94. The number of nitrogens with one attached hydrogen (secondary N) is 1. The Hall–Kier alpha value is -2.45. The van der Waals surface area contributed by atoms with Gasteiger partial charge in [-0.3, -0.25) is 4.72 Å². The van der Waals surface area contributed by atoms with E-state index in [0.29, 0.717) is 5.82 Å². The van der Waals surface area contributed by atoms with Crippen LogP contribution in [0.15, 0.2) is 58.8 Å². The minimum Gasteiger partial charge on any atom is -0.328 e. The monoisotopic (exact) mass is 374 g/mol. The van der Waals surface area contributed by atoms with Crippen LogP contribution in [0.4, 0.5) is 17.3 Å². The van der Waals surface area contributed by atoms with E-state index in [1.807, 2.05) is 55.3 Å². The van der Waals surface area contributed by atoms with Gasteiger partial charge in [-0.2, -0.15) is 0 Å². The van der Waals surface area contributed by atoms with Gasteiger partial charge in [0.2, 0.25) is 0 Å². The SMILES string of the molecule is CCc1ccc(S(=O)(=O)Nc2ccc(N(C)c3ccccc3)nn2)s1. The van der Waals surface area contributed by atoms with Gasteiger partial charge in [-0.1, -0.05) is 25.1 Å². The molecule has 3 aromatic rings. The molecule has 2 aromatic heterocycles. The molecule has 0 bridgehead atoms. The number of rotatable bonds is 6. The summed E-state index contributed by atoms with van der Waals surface area (Å²) in [6, 6.07) is 16.5. The molecule has 0 amide bonds. The lowest BCUT2D eigenvalue weighted by molar-refractivity contribution is 0.603. The molecule has 0 spiro atoms. The topological polar surface area (TPSA) is 75.2 Å². The molecule has 2 heterocycles. The standard InChI is InChI=1S/C17H18N4O2S2/c1-3-14-9-12-17(24-14)25(22,23)20-15-10-11-16(19-18-15)21(2)13-7-5-4-6-8-13/h4-12H,3H2,1-2H3,(H,18,20). The van der Waals surface area contributed by atoms with Crippen LogP contribution in [0.25, 0.3) is 0 Å². The van der Waals surface area contributed by atoms with Crippen LogP contribution in [0.5, 0.6) is 0 Å². The predicted molar refractivity (Wildman–Crippen MR) is 101 cm³/mol. The number of hydrogen-bond donors (Lipinski definition) is 1. The molecule has 6 nitrogen and oxygen atoms in total. The van der Waals surface area contributed by atoms with Crippen molar-refractivity contribution >= 4 is 38.7 Å². The summed E-state index contributed by atoms with van der Waals surface area (Å²) < 4.78 is 27.5. The van der Waals surface area contributed by atoms with Gasteiger partial charge in [-0.25, -0.2) is 8.42 Å². The van der Waals surface area contributed by atoms with Crippen LogP contribution in [0.3, 0.4) is 0 Å². The van der Waals surface area contributed by atoms with Crippen molar-refractivity contribution in [3.05, 3.63) is 59.5 Å². The molecule has 130 valence electrons. The Bertz CT molecular complexity index is 938. The zero-order chi connectivity index (χ0) is 17.9. The lowest BCUT2D eigenvalue weighted by Gasteiger charge is -2.17. The van der Waals surface area contributed by atoms with E-state index in [2.05, 4.69) is 14.9 Å². The van der Waals surface area contributed by atoms with Crippen LogP contribution in [0.1, 0.15) is 11.8 Å². The van der Waals surface area contributed by atoms with Crippen molar-refractivity contribution in [2.24, 2.45) is 0 Å². The molecular formula is C17H18N4O2S2. The van der Waals surface area contributed by atoms with Gasteiger partial charge >= 0.3 is 0 Å². The van der Waals surface area contributed by atoms with E-state index in [9.17, 15) is 8.42 Å². The maximum atomic E-state index is 12.4. The second-order valence-electron chi connectivity index (χ2n) is 5.35. The van der Waals surface area contributed by atoms with Crippen LogP contribution in [-0.2, 0) is 16.4 Å². The molecule has 0 fully saturated rings. The van der Waals surface area contributed by atoms with E-state index in [-0.39, 0.29) is 10.0 Å². The second-order valence-corrected chi connectivity index (χ2v) is 8.43. The highest BCUT2D eigenvalue weighted by Gasteiger charge is 2.18. The van der Waals surface area contributed by atoms with Gasteiger partial charge in [0, 0.05) is 17.6 Å². The molecule has 0 saturated carbocycles. The highest BCUT2D eigenvalue weighted by Crippen LogP contribution is 2.25. The quantitative estimate of drug-likeness (QED) is 0.712. The van der Waals surface area contributed by atoms with Crippen molar-refractivity contribution in [3.8, 4) is 0 Å². The molecule has 8 heteroatoms. The molecule has 0 saturated heterocycles. The van der Waals surface area contributed by atoms with Crippen molar-refractivity contribution < 1.29 is 8.42 Å². The number of para-hydroxylation sites is 1. The molecule has 25 heavy (non-hydrogen) atoms. The number of aryl methyl sites for hydroxylation is 1. The Balaban J connectivity index is 1.76. The fourth-order valence-electron chi connectivity index (χ4n) is 2.22. The minimum atomic E-state index is -3.64. The van der Waals surface area contributed by atoms with E-state index < -0.39 is 10.0 Å². The minimum absolute atomic E-state index is 0.191. The maximum Gasteiger partial charge on any atom is 0.272 e. The predicted octanol–water partition coefficient (Wildman–Crippen LogP) is 3.67. The zero-order valence-corrected chi connectivity index (χ0v) is 15.5. The Kier molecular flexibility index (Phi) is 5.00. The van der Waals surface area contributed by atoms with Gasteiger partial charge in [-0.15, -0.1) is 21.5 Å². The van der Waals surface area contributed by atoms with Crippen LogP contribution in [0.2, 0.25) is 0 Å². The normalized spacial score (nSPS) is 11.3. The molecule has 0 radical (unpaired) electrons. The fraction of sp³-hybridized carbons (Fsp3) is 0.176. The summed E-state index contributed by atoms with van der Waals surface area (Å²) in [6.45, 7) is 1.99. The van der Waals surface area contributed by atoms with Crippen molar-refractivity contribution in [2.45, 2.75) is 17.6 Å². The zero-order valence-electron chi connectivity index (χ0n) is 13.9. The summed E-state index contributed by atoms with van der Waals surface area (Å²) in [5.74, 6) is 0.815. The Morgan fingerprint density at radius 3 is 2.40 bits per heavy atom. The van der Waals surface area contributed by atoms with Gasteiger partial charge in [0.1, 0.15) is 4.21 Å². The first-order chi connectivity index (χ1) is 12.0. The van der Waals surface area contributed by atoms with Gasteiger partial charge < -0.3 is 4.90 Å². The summed E-state index contributed by atoms with van der Waals surface area (Å²) in [5, 5.41) is 8.09. The molecule has 0 aliphatic rings. The molecule has 0 unspecified atom stereocenters. The average molecular weight is 374 g/mol. The lowest BCUT2D eigenvalue weighted by Crippen LogP contribution is -2.15. The van der Waals surface area contributed by atoms with E-state index >= 15 is 0 Å². The Morgan fingerprint density at radius 2 is 1.80 bits per heavy atom. The number of aromatic nitrogens is 2. The first-order valence-corrected chi connectivity index (χ1v) is 10.0. The molecular weight excluding hydrogens is 356 g/mol. The summed E-state index contributed by atoms with van der Waals surface area (Å²) in [6.07, 6.45) is 0.806. The molecule has 1 aromatic carbocycles. The number of benzene rings is 1. The summed E-state index contributed by atoms with van der Waals surface area (Å²) in [4.78, 5) is 2.89. The molecule has 3 rings (SSSR count). The third kappa shape index (κ3) is 3.97. The van der Waals surface area contributed by atoms with Gasteiger partial charge in [-0.05, 0) is 42.8 Å². The molecule has 0 aliphatic carbocycles. The van der Waals surface area contributed by atoms with Crippen molar-refractivity contribution in [1.82, 2.24) is 10.2 Å². The van der Waals surface area contributed by atoms with Crippen molar-refractivity contribution in [1.29, 1.82) is 0 Å². The van der Waals surface area contributed by atoms with E-state index in [0.717, 1.165) is 17.0 Å². The van der Waals surface area contributed by atoms with Crippen LogP contribution < -0.4 is 9.62 Å². The maximum absolute atomic E-state index is 12.4. The summed E-state index contributed by atoms with van der Waals surface area (Å²) in [7, 11) is -1.76. The Labute approximate surface area is 151 Å². The van der Waals surface area contributed by atoms with E-state index in [4.69, 9.17) is 0 Å². The average Bonchev–Trinajstić information content (AvgIpc) is 3.12. The molecule has 1 N–H and O–H groups in total. The number of nitrogens with zero attached hydrogens (tertiary/aromatic N) is 3. The first-order valence-electron chi connectivity index (χ1n) is 7.73. The Morgan fingerprint density at radius 1 is 1.04 bits per heavy atom. The lowest BCUT2D eigenvalue weighted by atomic mass is 10.3. The van der Waals surface area contributed by atoms with Crippen molar-refractivity contribution in [2.75, 3.05) is 16.7 Å². The first kappa shape index (κ1) is 17.4. The highest BCUT2D eigenvalue weighted by atomic mass is 32.2. The molecule has 0 aliphatic heterocycles. The fourth-order valence-corrected chi connectivity index (χ4v) is 4.51. The second kappa shape index (κ2) is 7.20. The number of thiophene rings is 1. The van der Waals surface area contributed by atoms with Crippen LogP contribution in [-0.4, -0.2) is 25.7 Å².